The van der Waals surface area contributed by atoms with Crippen LogP contribution in [-0.2, 0) is 16.6 Å². The van der Waals surface area contributed by atoms with Gasteiger partial charge in [0.05, 0.1) is 31.2 Å². The minimum absolute atomic E-state index is 0.0344. The fraction of sp³-hybridized carbons (Fsp3) is 0.556. The van der Waals surface area contributed by atoms with Crippen LogP contribution in [0.5, 0.6) is 0 Å². The summed E-state index contributed by atoms with van der Waals surface area (Å²) in [7, 11) is 1.76. The zero-order valence-electron chi connectivity index (χ0n) is 8.30. The van der Waals surface area contributed by atoms with Gasteiger partial charge in [0.1, 0.15) is 6.10 Å². The van der Waals surface area contributed by atoms with E-state index in [4.69, 9.17) is 4.74 Å². The number of imidazole rings is 1. The number of hydrogen-bond donors (Lipinski definition) is 1. The predicted octanol–water partition coefficient (Wildman–Crippen LogP) is 0.407. The summed E-state index contributed by atoms with van der Waals surface area (Å²) in [6, 6.07) is 0. The molecular weight excluding hydrogens is 184 g/mol. The van der Waals surface area contributed by atoms with Crippen LogP contribution in [-0.4, -0.2) is 27.2 Å². The Balaban J connectivity index is 2.54. The van der Waals surface area contributed by atoms with E-state index < -0.39 is 12.1 Å². The Morgan fingerprint density at radius 1 is 1.79 bits per heavy atom. The fourth-order valence-corrected chi connectivity index (χ4v) is 1.17. The number of aliphatic hydroxyl groups is 1. The molecule has 1 N–H and O–H groups in total. The molecule has 78 valence electrons. The topological polar surface area (TPSA) is 64.3 Å². The van der Waals surface area contributed by atoms with Crippen LogP contribution in [0.2, 0.25) is 0 Å². The summed E-state index contributed by atoms with van der Waals surface area (Å²) in [5.41, 5.74) is 0.609. The quantitative estimate of drug-likeness (QED) is 0.711. The Morgan fingerprint density at radius 3 is 3.00 bits per heavy atom. The van der Waals surface area contributed by atoms with Crippen molar-refractivity contribution in [1.82, 2.24) is 9.55 Å². The maximum atomic E-state index is 11.0. The van der Waals surface area contributed by atoms with Crippen LogP contribution >= 0.6 is 0 Å². The van der Waals surface area contributed by atoms with Gasteiger partial charge in [-0.15, -0.1) is 0 Å². The maximum absolute atomic E-state index is 11.0. The van der Waals surface area contributed by atoms with Gasteiger partial charge in [-0.25, -0.2) is 4.98 Å². The zero-order valence-corrected chi connectivity index (χ0v) is 8.30. The second-order valence-electron chi connectivity index (χ2n) is 2.95. The molecule has 0 radical (unpaired) electrons. The van der Waals surface area contributed by atoms with E-state index in [2.05, 4.69) is 4.98 Å². The first kappa shape index (κ1) is 10.7. The molecule has 0 aliphatic carbocycles. The van der Waals surface area contributed by atoms with E-state index >= 15 is 0 Å². The number of carbonyl (C=O) groups is 1. The van der Waals surface area contributed by atoms with Gasteiger partial charge in [-0.3, -0.25) is 4.79 Å². The second kappa shape index (κ2) is 4.76. The van der Waals surface area contributed by atoms with Gasteiger partial charge in [-0.1, -0.05) is 0 Å². The Morgan fingerprint density at radius 2 is 2.50 bits per heavy atom. The summed E-state index contributed by atoms with van der Waals surface area (Å²) in [6.45, 7) is 2.06. The van der Waals surface area contributed by atoms with Crippen LogP contribution in [0, 0.1) is 0 Å². The lowest BCUT2D eigenvalue weighted by atomic mass is 10.2. The first-order valence-corrected chi connectivity index (χ1v) is 4.45. The Bertz CT molecular complexity index is 309. The zero-order chi connectivity index (χ0) is 10.6. The van der Waals surface area contributed by atoms with Crippen molar-refractivity contribution in [1.29, 1.82) is 0 Å². The van der Waals surface area contributed by atoms with Gasteiger partial charge >= 0.3 is 5.97 Å². The number of rotatable bonds is 4. The summed E-state index contributed by atoms with van der Waals surface area (Å²) in [5, 5.41) is 9.63. The van der Waals surface area contributed by atoms with Crippen molar-refractivity contribution >= 4 is 5.97 Å². The van der Waals surface area contributed by atoms with E-state index in [1.54, 1.807) is 24.9 Å². The molecule has 0 bridgehead atoms. The number of nitrogens with zero attached hydrogens (tertiary/aromatic N) is 2. The number of esters is 1. The van der Waals surface area contributed by atoms with Crippen molar-refractivity contribution in [2.45, 2.75) is 19.4 Å². The van der Waals surface area contributed by atoms with Crippen LogP contribution in [0.15, 0.2) is 12.5 Å². The van der Waals surface area contributed by atoms with Crippen molar-refractivity contribution < 1.29 is 14.6 Å². The third-order valence-electron chi connectivity index (χ3n) is 1.86. The largest absolute Gasteiger partial charge is 0.466 e. The van der Waals surface area contributed by atoms with Crippen LogP contribution in [0.3, 0.4) is 0 Å². The molecule has 1 atom stereocenters. The first-order chi connectivity index (χ1) is 6.65. The number of aromatic nitrogens is 2. The molecule has 1 aromatic heterocycles. The summed E-state index contributed by atoms with van der Waals surface area (Å²) >= 11 is 0. The summed E-state index contributed by atoms with van der Waals surface area (Å²) in [6.07, 6.45) is 2.22. The highest BCUT2D eigenvalue weighted by molar-refractivity contribution is 5.70. The van der Waals surface area contributed by atoms with Crippen LogP contribution < -0.4 is 0 Å². The normalized spacial score (nSPS) is 12.5. The summed E-state index contributed by atoms with van der Waals surface area (Å²) in [4.78, 5) is 14.9. The van der Waals surface area contributed by atoms with E-state index in [0.29, 0.717) is 12.3 Å². The minimum Gasteiger partial charge on any atom is -0.466 e. The van der Waals surface area contributed by atoms with Crippen LogP contribution in [0.1, 0.15) is 25.1 Å². The number of ether oxygens (including phenoxy) is 1. The van der Waals surface area contributed by atoms with Gasteiger partial charge in [0, 0.05) is 7.05 Å². The third-order valence-corrected chi connectivity index (χ3v) is 1.86. The molecule has 0 aliphatic rings. The van der Waals surface area contributed by atoms with Crippen LogP contribution in [0.25, 0.3) is 0 Å². The average molecular weight is 198 g/mol. The monoisotopic (exact) mass is 198 g/mol. The van der Waals surface area contributed by atoms with Gasteiger partial charge in [0.2, 0.25) is 0 Å². The molecule has 0 aromatic carbocycles. The number of hydrogen-bond acceptors (Lipinski definition) is 4. The highest BCUT2D eigenvalue weighted by atomic mass is 16.5. The number of aryl methyl sites for hydroxylation is 1. The standard InChI is InChI=1S/C9H14N2O3/c1-3-14-9(13)4-8(12)7-5-10-6-11(7)2/h5-6,8,12H,3-4H2,1-2H3. The number of aliphatic hydroxyl groups excluding tert-OH is 1. The molecule has 14 heavy (non-hydrogen) atoms. The van der Waals surface area contributed by atoms with Crippen molar-refractivity contribution in [3.63, 3.8) is 0 Å². The Kier molecular flexibility index (Phi) is 3.64. The molecule has 0 amide bonds. The highest BCUT2D eigenvalue weighted by Gasteiger charge is 2.16. The van der Waals surface area contributed by atoms with Gasteiger partial charge in [0.25, 0.3) is 0 Å². The molecule has 0 fully saturated rings. The molecule has 0 saturated carbocycles. The lowest BCUT2D eigenvalue weighted by molar-refractivity contribution is -0.145. The first-order valence-electron chi connectivity index (χ1n) is 4.45. The average Bonchev–Trinajstić information content (AvgIpc) is 2.51. The fourth-order valence-electron chi connectivity index (χ4n) is 1.17. The van der Waals surface area contributed by atoms with E-state index in [9.17, 15) is 9.90 Å². The molecule has 0 aliphatic heterocycles. The van der Waals surface area contributed by atoms with Crippen molar-refractivity contribution in [2.75, 3.05) is 6.61 Å². The molecule has 1 aromatic rings. The lowest BCUT2D eigenvalue weighted by Crippen LogP contribution is -2.12. The van der Waals surface area contributed by atoms with E-state index in [1.165, 1.54) is 6.20 Å². The summed E-state index contributed by atoms with van der Waals surface area (Å²) in [5.74, 6) is -0.402. The lowest BCUT2D eigenvalue weighted by Gasteiger charge is -2.09. The van der Waals surface area contributed by atoms with Crippen molar-refractivity contribution in [3.8, 4) is 0 Å². The summed E-state index contributed by atoms with van der Waals surface area (Å²) < 4.78 is 6.39. The molecule has 5 heteroatoms. The van der Waals surface area contributed by atoms with E-state index in [-0.39, 0.29) is 6.42 Å². The Labute approximate surface area is 82.3 Å². The SMILES string of the molecule is CCOC(=O)CC(O)c1cncn1C. The van der Waals surface area contributed by atoms with Crippen LogP contribution in [0.4, 0.5) is 0 Å². The predicted molar refractivity (Wildman–Crippen MR) is 49.4 cm³/mol. The highest BCUT2D eigenvalue weighted by Crippen LogP contribution is 2.15. The van der Waals surface area contributed by atoms with Gasteiger partial charge in [-0.2, -0.15) is 0 Å². The maximum Gasteiger partial charge on any atom is 0.308 e. The minimum atomic E-state index is -0.846. The Hall–Kier alpha value is -1.36. The molecule has 0 spiro atoms. The van der Waals surface area contributed by atoms with Gasteiger partial charge < -0.3 is 14.4 Å². The van der Waals surface area contributed by atoms with Crippen molar-refractivity contribution in [3.05, 3.63) is 18.2 Å². The van der Waals surface area contributed by atoms with E-state index in [1.807, 2.05) is 0 Å². The van der Waals surface area contributed by atoms with Crippen molar-refractivity contribution in [2.24, 2.45) is 7.05 Å². The molecular formula is C9H14N2O3. The number of carbonyl (C=O) groups excluding carboxylic acids is 1. The molecule has 1 rings (SSSR count). The molecule has 5 nitrogen and oxygen atoms in total. The third kappa shape index (κ3) is 2.56. The molecule has 1 heterocycles. The molecule has 1 unspecified atom stereocenters. The second-order valence-corrected chi connectivity index (χ2v) is 2.95. The smallest absolute Gasteiger partial charge is 0.308 e. The van der Waals surface area contributed by atoms with Gasteiger partial charge in [-0.05, 0) is 6.92 Å². The van der Waals surface area contributed by atoms with Gasteiger partial charge in [0.15, 0.2) is 0 Å². The molecule has 0 saturated heterocycles. The van der Waals surface area contributed by atoms with E-state index in [0.717, 1.165) is 0 Å².